The van der Waals surface area contributed by atoms with E-state index in [1.165, 1.54) is 18.2 Å². The summed E-state index contributed by atoms with van der Waals surface area (Å²) in [7, 11) is 0. The van der Waals surface area contributed by atoms with Crippen LogP contribution in [0.3, 0.4) is 0 Å². The number of rotatable bonds is 7. The lowest BCUT2D eigenvalue weighted by Gasteiger charge is -2.36. The van der Waals surface area contributed by atoms with Gasteiger partial charge < -0.3 is 16.2 Å². The number of carbonyl (C=O) groups is 2. The largest absolute Gasteiger partial charge is 0.481 e. The molecule has 0 saturated carbocycles. The molecule has 2 atom stereocenters. The van der Waals surface area contributed by atoms with Crippen molar-refractivity contribution in [2.45, 2.75) is 25.8 Å². The van der Waals surface area contributed by atoms with Gasteiger partial charge >= 0.3 is 5.97 Å². The fraction of sp³-hybridized carbons (Fsp3) is 0.500. The molecule has 0 aliphatic carbocycles. The highest BCUT2D eigenvalue weighted by molar-refractivity contribution is 5.98. The number of nitrogens with one attached hydrogen (secondary N) is 1. The Morgan fingerprint density at radius 3 is 2.76 bits per heavy atom. The van der Waals surface area contributed by atoms with Crippen LogP contribution >= 0.6 is 0 Å². The first kappa shape index (κ1) is 18.7. The van der Waals surface area contributed by atoms with Gasteiger partial charge in [-0.3, -0.25) is 24.6 Å². The van der Waals surface area contributed by atoms with Crippen LogP contribution in [0.1, 0.15) is 30.1 Å². The van der Waals surface area contributed by atoms with Crippen LogP contribution in [0.5, 0.6) is 0 Å². The second-order valence-corrected chi connectivity index (χ2v) is 6.22. The number of aliphatic carboxylic acids is 1. The van der Waals surface area contributed by atoms with Gasteiger partial charge in [-0.2, -0.15) is 0 Å². The number of non-ortho nitro benzene ring substituents is 1. The highest BCUT2D eigenvalue weighted by Gasteiger charge is 2.29. The molecule has 136 valence electrons. The molecule has 1 aliphatic heterocycles. The Kier molecular flexibility index (Phi) is 5.92. The lowest BCUT2D eigenvalue weighted by atomic mass is 9.92. The Labute approximate surface area is 144 Å². The Hall–Kier alpha value is -2.68. The molecule has 25 heavy (non-hydrogen) atoms. The number of likely N-dealkylation sites (tertiary alicyclic amines) is 1. The number of carbonyl (C=O) groups excluding carboxylic acids is 1. The second kappa shape index (κ2) is 7.93. The number of hydrogen-bond acceptors (Lipinski definition) is 6. The van der Waals surface area contributed by atoms with Crippen LogP contribution in [-0.2, 0) is 4.79 Å². The molecule has 1 saturated heterocycles. The summed E-state index contributed by atoms with van der Waals surface area (Å²) in [6, 6.07) is 4.01. The number of carboxylic acids is 1. The van der Waals surface area contributed by atoms with Gasteiger partial charge in [-0.05, 0) is 32.4 Å². The number of nitrogens with two attached hydrogens (primary N) is 1. The first-order chi connectivity index (χ1) is 11.8. The minimum absolute atomic E-state index is 0.122. The Balaban J connectivity index is 1.97. The molecule has 4 N–H and O–H groups in total. The van der Waals surface area contributed by atoms with E-state index in [1.54, 1.807) is 0 Å². The van der Waals surface area contributed by atoms with E-state index in [-0.39, 0.29) is 23.2 Å². The number of nitrogens with zero attached hydrogens (tertiary/aromatic N) is 2. The van der Waals surface area contributed by atoms with Gasteiger partial charge in [0.25, 0.3) is 11.6 Å². The minimum Gasteiger partial charge on any atom is -0.481 e. The molecule has 0 radical (unpaired) electrons. The molecule has 1 aliphatic rings. The van der Waals surface area contributed by atoms with Gasteiger partial charge in [0.05, 0.1) is 22.1 Å². The van der Waals surface area contributed by atoms with Crippen molar-refractivity contribution in [2.24, 2.45) is 11.7 Å². The number of amides is 1. The molecule has 0 spiro atoms. The van der Waals surface area contributed by atoms with Gasteiger partial charge in [0.15, 0.2) is 0 Å². The topological polar surface area (TPSA) is 139 Å². The number of benzene rings is 1. The zero-order chi connectivity index (χ0) is 18.6. The van der Waals surface area contributed by atoms with Crippen LogP contribution in [0.2, 0.25) is 0 Å². The van der Waals surface area contributed by atoms with Crippen molar-refractivity contribution >= 4 is 23.3 Å². The van der Waals surface area contributed by atoms with E-state index in [0.29, 0.717) is 38.2 Å². The molecule has 2 unspecified atom stereocenters. The zero-order valence-electron chi connectivity index (χ0n) is 14.0. The van der Waals surface area contributed by atoms with Gasteiger partial charge in [-0.15, -0.1) is 0 Å². The van der Waals surface area contributed by atoms with Crippen LogP contribution in [0, 0.1) is 16.0 Å². The van der Waals surface area contributed by atoms with Crippen molar-refractivity contribution in [2.75, 3.05) is 25.0 Å². The van der Waals surface area contributed by atoms with E-state index in [0.717, 1.165) is 0 Å². The molecule has 1 amide bonds. The van der Waals surface area contributed by atoms with E-state index in [1.807, 2.05) is 6.92 Å². The quantitative estimate of drug-likeness (QED) is 0.497. The summed E-state index contributed by atoms with van der Waals surface area (Å²) < 4.78 is 0. The fourth-order valence-corrected chi connectivity index (χ4v) is 3.12. The maximum absolute atomic E-state index is 11.5. The number of anilines is 1. The standard InChI is InChI=1S/C16H22N4O5/c1-10-8-11(16(22)23)4-6-19(10)7-5-18-14-9-12(20(24)25)2-3-13(14)15(17)21/h2-3,9-11,18H,4-8H2,1H3,(H2,17,21)(H,22,23). The fourth-order valence-electron chi connectivity index (χ4n) is 3.12. The predicted octanol–water partition coefficient (Wildman–Crippen LogP) is 1.29. The smallest absolute Gasteiger partial charge is 0.306 e. The maximum Gasteiger partial charge on any atom is 0.306 e. The maximum atomic E-state index is 11.5. The molecule has 9 heteroatoms. The van der Waals surface area contributed by atoms with Crippen molar-refractivity contribution in [3.63, 3.8) is 0 Å². The van der Waals surface area contributed by atoms with Crippen LogP contribution < -0.4 is 11.1 Å². The molecular formula is C16H22N4O5. The molecule has 1 aromatic carbocycles. The van der Waals surface area contributed by atoms with E-state index >= 15 is 0 Å². The highest BCUT2D eigenvalue weighted by Crippen LogP contribution is 2.24. The molecular weight excluding hydrogens is 328 g/mol. The number of nitro benzene ring substituents is 1. The van der Waals surface area contributed by atoms with Gasteiger partial charge in [0.2, 0.25) is 0 Å². The highest BCUT2D eigenvalue weighted by atomic mass is 16.6. The molecule has 1 aromatic rings. The predicted molar refractivity (Wildman–Crippen MR) is 91.5 cm³/mol. The lowest BCUT2D eigenvalue weighted by molar-refractivity contribution is -0.384. The first-order valence-corrected chi connectivity index (χ1v) is 8.08. The zero-order valence-corrected chi connectivity index (χ0v) is 14.0. The summed E-state index contributed by atoms with van der Waals surface area (Å²) in [6.07, 6.45) is 1.20. The number of carboxylic acid groups (broad SMARTS) is 1. The third-order valence-corrected chi connectivity index (χ3v) is 4.56. The SMILES string of the molecule is CC1CC(C(=O)O)CCN1CCNc1cc([N+](=O)[O-])ccc1C(N)=O. The number of nitro groups is 1. The Bertz CT molecular complexity index is 678. The molecule has 0 aromatic heterocycles. The monoisotopic (exact) mass is 350 g/mol. The summed E-state index contributed by atoms with van der Waals surface area (Å²) in [5.74, 6) is -1.72. The minimum atomic E-state index is -0.757. The van der Waals surface area contributed by atoms with Crippen molar-refractivity contribution < 1.29 is 19.6 Å². The van der Waals surface area contributed by atoms with Crippen molar-refractivity contribution in [1.29, 1.82) is 0 Å². The third kappa shape index (κ3) is 4.66. The Morgan fingerprint density at radius 2 is 2.20 bits per heavy atom. The average Bonchev–Trinajstić information content (AvgIpc) is 2.55. The summed E-state index contributed by atoms with van der Waals surface area (Å²) in [4.78, 5) is 35.0. The summed E-state index contributed by atoms with van der Waals surface area (Å²) in [6.45, 7) is 3.76. The number of hydrogen-bond donors (Lipinski definition) is 3. The molecule has 1 fully saturated rings. The van der Waals surface area contributed by atoms with Gasteiger partial charge in [0.1, 0.15) is 0 Å². The van der Waals surface area contributed by atoms with Gasteiger partial charge in [-0.25, -0.2) is 0 Å². The van der Waals surface area contributed by atoms with E-state index in [9.17, 15) is 19.7 Å². The van der Waals surface area contributed by atoms with Crippen molar-refractivity contribution in [1.82, 2.24) is 4.90 Å². The van der Waals surface area contributed by atoms with E-state index in [2.05, 4.69) is 10.2 Å². The summed E-state index contributed by atoms with van der Waals surface area (Å²) in [5, 5.41) is 23.0. The van der Waals surface area contributed by atoms with Gasteiger partial charge in [0, 0.05) is 31.3 Å². The van der Waals surface area contributed by atoms with E-state index < -0.39 is 16.8 Å². The summed E-state index contributed by atoms with van der Waals surface area (Å²) >= 11 is 0. The first-order valence-electron chi connectivity index (χ1n) is 8.08. The average molecular weight is 350 g/mol. The van der Waals surface area contributed by atoms with Gasteiger partial charge in [-0.1, -0.05) is 0 Å². The molecule has 9 nitrogen and oxygen atoms in total. The molecule has 2 rings (SSSR count). The van der Waals surface area contributed by atoms with Crippen molar-refractivity contribution in [3.05, 3.63) is 33.9 Å². The van der Waals surface area contributed by atoms with Crippen LogP contribution in [0.25, 0.3) is 0 Å². The number of piperidine rings is 1. The molecule has 1 heterocycles. The van der Waals surface area contributed by atoms with Crippen molar-refractivity contribution in [3.8, 4) is 0 Å². The number of primary amides is 1. The van der Waals surface area contributed by atoms with Crippen LogP contribution in [-0.4, -0.2) is 52.5 Å². The third-order valence-electron chi connectivity index (χ3n) is 4.56. The Morgan fingerprint density at radius 1 is 1.48 bits per heavy atom. The molecule has 0 bridgehead atoms. The van der Waals surface area contributed by atoms with E-state index in [4.69, 9.17) is 10.8 Å². The second-order valence-electron chi connectivity index (χ2n) is 6.22. The van der Waals surface area contributed by atoms with Crippen LogP contribution in [0.15, 0.2) is 18.2 Å². The lowest BCUT2D eigenvalue weighted by Crippen LogP contribution is -2.44. The normalized spacial score (nSPS) is 20.8. The summed E-state index contributed by atoms with van der Waals surface area (Å²) in [5.41, 5.74) is 5.71. The van der Waals surface area contributed by atoms with Crippen LogP contribution in [0.4, 0.5) is 11.4 Å².